The van der Waals surface area contributed by atoms with Crippen LogP contribution in [-0.2, 0) is 19.6 Å². The Labute approximate surface area is 179 Å². The molecule has 1 N–H and O–H groups in total. The van der Waals surface area contributed by atoms with E-state index < -0.39 is 27.9 Å². The van der Waals surface area contributed by atoms with Gasteiger partial charge in [-0.2, -0.15) is 4.31 Å². The van der Waals surface area contributed by atoms with Gasteiger partial charge in [0.05, 0.1) is 23.9 Å². The summed E-state index contributed by atoms with van der Waals surface area (Å²) in [7, 11) is -2.71. The lowest BCUT2D eigenvalue weighted by Gasteiger charge is -2.24. The normalized spacial score (nSPS) is 16.9. The van der Waals surface area contributed by atoms with Gasteiger partial charge in [-0.1, -0.05) is 30.3 Å². The summed E-state index contributed by atoms with van der Waals surface area (Å²) >= 11 is 0. The van der Waals surface area contributed by atoms with Gasteiger partial charge in [0.2, 0.25) is 15.9 Å². The molecule has 3 aromatic rings. The van der Waals surface area contributed by atoms with E-state index in [9.17, 15) is 18.0 Å². The minimum atomic E-state index is -3.96. The lowest BCUT2D eigenvalue weighted by Crippen LogP contribution is -2.43. The number of nitrogens with one attached hydrogen (secondary N) is 1. The predicted molar refractivity (Wildman–Crippen MR) is 115 cm³/mol. The highest BCUT2D eigenvalue weighted by molar-refractivity contribution is 7.89. The molecule has 0 aliphatic carbocycles. The fraction of sp³-hybridized carbons (Fsp3) is 0.227. The maximum atomic E-state index is 13.5. The highest BCUT2D eigenvalue weighted by Crippen LogP contribution is 2.30. The molecule has 2 aromatic carbocycles. The number of hydrogen-bond acceptors (Lipinski definition) is 6. The van der Waals surface area contributed by atoms with Crippen molar-refractivity contribution in [3.05, 3.63) is 66.4 Å². The molecule has 1 aromatic heterocycles. The van der Waals surface area contributed by atoms with Crippen LogP contribution in [0, 0.1) is 0 Å². The standard InChI is InChI=1S/C22H21N3O5S/c1-30-22(27)16-9-2-3-10-17(16)24-21(26)18-11-6-14-25(18)31(28,29)19-12-4-7-15-8-5-13-23-20(15)19/h2-5,7-10,12-13,18H,6,11,14H2,1H3,(H,24,26). The summed E-state index contributed by atoms with van der Waals surface area (Å²) in [6.07, 6.45) is 2.47. The van der Waals surface area contributed by atoms with E-state index >= 15 is 0 Å². The van der Waals surface area contributed by atoms with Crippen LogP contribution >= 0.6 is 0 Å². The number of esters is 1. The number of methoxy groups -OCH3 is 1. The number of fused-ring (bicyclic) bond motifs is 1. The zero-order chi connectivity index (χ0) is 22.0. The second-order valence-corrected chi connectivity index (χ2v) is 8.99. The van der Waals surface area contributed by atoms with Crippen molar-refractivity contribution in [2.45, 2.75) is 23.8 Å². The molecule has 1 fully saturated rings. The van der Waals surface area contributed by atoms with Crippen molar-refractivity contribution in [2.75, 3.05) is 19.0 Å². The van der Waals surface area contributed by atoms with Gasteiger partial charge in [0.1, 0.15) is 10.9 Å². The van der Waals surface area contributed by atoms with Crippen LogP contribution < -0.4 is 5.32 Å². The van der Waals surface area contributed by atoms with Crippen LogP contribution in [0.15, 0.2) is 65.7 Å². The Kier molecular flexibility index (Phi) is 5.71. The molecule has 1 unspecified atom stereocenters. The lowest BCUT2D eigenvalue weighted by atomic mass is 10.1. The van der Waals surface area contributed by atoms with Gasteiger partial charge < -0.3 is 10.1 Å². The summed E-state index contributed by atoms with van der Waals surface area (Å²) in [4.78, 5) is 29.3. The maximum absolute atomic E-state index is 13.5. The van der Waals surface area contributed by atoms with E-state index in [0.717, 1.165) is 0 Å². The van der Waals surface area contributed by atoms with Gasteiger partial charge >= 0.3 is 5.97 Å². The van der Waals surface area contributed by atoms with Crippen molar-refractivity contribution in [1.29, 1.82) is 0 Å². The number of benzene rings is 2. The molecule has 0 radical (unpaired) electrons. The molecule has 1 atom stereocenters. The lowest BCUT2D eigenvalue weighted by molar-refractivity contribution is -0.119. The van der Waals surface area contributed by atoms with Gasteiger partial charge in [-0.15, -0.1) is 0 Å². The van der Waals surface area contributed by atoms with Gasteiger partial charge in [0.15, 0.2) is 0 Å². The number of nitrogens with zero attached hydrogens (tertiary/aromatic N) is 2. The SMILES string of the molecule is COC(=O)c1ccccc1NC(=O)C1CCCN1S(=O)(=O)c1cccc2cccnc12. The van der Waals surface area contributed by atoms with Crippen molar-refractivity contribution in [1.82, 2.24) is 9.29 Å². The molecule has 0 bridgehead atoms. The second kappa shape index (κ2) is 8.44. The van der Waals surface area contributed by atoms with Gasteiger partial charge in [-0.25, -0.2) is 13.2 Å². The van der Waals surface area contributed by atoms with Gasteiger partial charge in [-0.05, 0) is 37.1 Å². The number of carbonyl (C=O) groups excluding carboxylic acids is 2. The van der Waals surface area contributed by atoms with Crippen LogP contribution in [0.4, 0.5) is 5.69 Å². The summed E-state index contributed by atoms with van der Waals surface area (Å²) in [5.74, 6) is -1.08. The molecular formula is C22H21N3O5S. The summed E-state index contributed by atoms with van der Waals surface area (Å²) < 4.78 is 32.9. The highest BCUT2D eigenvalue weighted by atomic mass is 32.2. The molecule has 1 aliphatic heterocycles. The van der Waals surface area contributed by atoms with Gasteiger partial charge in [0, 0.05) is 18.1 Å². The van der Waals surface area contributed by atoms with Crippen LogP contribution in [-0.4, -0.2) is 49.3 Å². The molecule has 1 saturated heterocycles. The van der Waals surface area contributed by atoms with E-state index in [2.05, 4.69) is 10.3 Å². The fourth-order valence-corrected chi connectivity index (χ4v) is 5.62. The van der Waals surface area contributed by atoms with Crippen LogP contribution in [0.5, 0.6) is 0 Å². The summed E-state index contributed by atoms with van der Waals surface area (Å²) in [5.41, 5.74) is 0.839. The third-order valence-corrected chi connectivity index (χ3v) is 7.22. The number of sulfonamides is 1. The average Bonchev–Trinajstić information content (AvgIpc) is 3.30. The Morgan fingerprint density at radius 2 is 1.87 bits per heavy atom. The monoisotopic (exact) mass is 439 g/mol. The van der Waals surface area contributed by atoms with Crippen LogP contribution in [0.3, 0.4) is 0 Å². The maximum Gasteiger partial charge on any atom is 0.339 e. The summed E-state index contributed by atoms with van der Waals surface area (Å²) in [5, 5.41) is 3.40. The predicted octanol–water partition coefficient (Wildman–Crippen LogP) is 2.81. The van der Waals surface area contributed by atoms with Crippen molar-refractivity contribution in [3.8, 4) is 0 Å². The van der Waals surface area contributed by atoms with E-state index in [1.54, 1.807) is 48.7 Å². The molecule has 31 heavy (non-hydrogen) atoms. The number of carbonyl (C=O) groups is 2. The Bertz CT molecular complexity index is 1250. The molecule has 1 aliphatic rings. The molecule has 2 heterocycles. The quantitative estimate of drug-likeness (QED) is 0.613. The average molecular weight is 439 g/mol. The Hall–Kier alpha value is -3.30. The molecule has 4 rings (SSSR count). The highest BCUT2D eigenvalue weighted by Gasteiger charge is 2.40. The van der Waals surface area contributed by atoms with Crippen molar-refractivity contribution < 1.29 is 22.7 Å². The van der Waals surface area contributed by atoms with Gasteiger partial charge in [0.25, 0.3) is 0 Å². The zero-order valence-corrected chi connectivity index (χ0v) is 17.6. The Morgan fingerprint density at radius 1 is 1.10 bits per heavy atom. The zero-order valence-electron chi connectivity index (χ0n) is 16.8. The van der Waals surface area contributed by atoms with Crippen molar-refractivity contribution >= 4 is 38.5 Å². The van der Waals surface area contributed by atoms with Gasteiger partial charge in [-0.3, -0.25) is 9.78 Å². The van der Waals surface area contributed by atoms with Crippen LogP contribution in [0.25, 0.3) is 10.9 Å². The van der Waals surface area contributed by atoms with E-state index in [-0.39, 0.29) is 22.7 Å². The molecule has 1 amide bonds. The molecule has 160 valence electrons. The second-order valence-electron chi connectivity index (χ2n) is 7.13. The third kappa shape index (κ3) is 3.89. The minimum Gasteiger partial charge on any atom is -0.465 e. The molecular weight excluding hydrogens is 418 g/mol. The number of pyridine rings is 1. The molecule has 9 heteroatoms. The van der Waals surface area contributed by atoms with E-state index in [1.807, 2.05) is 0 Å². The number of hydrogen-bond donors (Lipinski definition) is 1. The first kappa shape index (κ1) is 21.0. The largest absolute Gasteiger partial charge is 0.465 e. The van der Waals surface area contributed by atoms with Crippen molar-refractivity contribution in [2.24, 2.45) is 0 Å². The summed E-state index contributed by atoms with van der Waals surface area (Å²) in [6, 6.07) is 14.0. The number of anilines is 1. The Balaban J connectivity index is 1.65. The Morgan fingerprint density at radius 3 is 2.68 bits per heavy atom. The third-order valence-electron chi connectivity index (χ3n) is 5.28. The first-order chi connectivity index (χ1) is 14.9. The van der Waals surface area contributed by atoms with E-state index in [1.165, 1.54) is 23.5 Å². The molecule has 0 spiro atoms. The molecule has 0 saturated carbocycles. The fourth-order valence-electron chi connectivity index (χ4n) is 3.80. The van der Waals surface area contributed by atoms with Crippen molar-refractivity contribution in [3.63, 3.8) is 0 Å². The first-order valence-corrected chi connectivity index (χ1v) is 11.2. The van der Waals surface area contributed by atoms with Crippen LogP contribution in [0.1, 0.15) is 23.2 Å². The number of ether oxygens (including phenoxy) is 1. The van der Waals surface area contributed by atoms with E-state index in [0.29, 0.717) is 23.7 Å². The minimum absolute atomic E-state index is 0.0697. The number of para-hydroxylation sites is 2. The van der Waals surface area contributed by atoms with E-state index in [4.69, 9.17) is 4.74 Å². The molecule has 8 nitrogen and oxygen atoms in total. The first-order valence-electron chi connectivity index (χ1n) is 9.77. The smallest absolute Gasteiger partial charge is 0.339 e. The number of aromatic nitrogens is 1. The van der Waals surface area contributed by atoms with Crippen LogP contribution in [0.2, 0.25) is 0 Å². The summed E-state index contributed by atoms with van der Waals surface area (Å²) in [6.45, 7) is 0.224. The topological polar surface area (TPSA) is 106 Å². The number of amides is 1. The number of rotatable bonds is 5.